The maximum Gasteiger partial charge on any atom is 0.264 e. The number of amides is 1. The third-order valence-electron chi connectivity index (χ3n) is 5.53. The van der Waals surface area contributed by atoms with Gasteiger partial charge in [-0.2, -0.15) is 0 Å². The van der Waals surface area contributed by atoms with E-state index < -0.39 is 7.26 Å². The van der Waals surface area contributed by atoms with E-state index in [1.165, 1.54) is 44.2 Å². The molecule has 1 aliphatic rings. The van der Waals surface area contributed by atoms with Crippen molar-refractivity contribution in [3.05, 3.63) is 28.3 Å². The van der Waals surface area contributed by atoms with Crippen molar-refractivity contribution >= 4 is 30.5 Å². The number of benzene rings is 1. The third-order valence-corrected chi connectivity index (χ3v) is 11.3. The molecule has 5 heteroatoms. The number of hydrogen-bond acceptors (Lipinski definition) is 1. The van der Waals surface area contributed by atoms with E-state index in [0.29, 0.717) is 0 Å². The normalized spacial score (nSPS) is 18.2. The van der Waals surface area contributed by atoms with E-state index in [4.69, 9.17) is 11.6 Å². The van der Waals surface area contributed by atoms with Crippen LogP contribution in [0.1, 0.15) is 50.7 Å². The van der Waals surface area contributed by atoms with E-state index in [-0.39, 0.29) is 44.3 Å². The van der Waals surface area contributed by atoms with Gasteiger partial charge in [0.2, 0.25) is 0 Å². The van der Waals surface area contributed by atoms with E-state index in [0.717, 1.165) is 21.8 Å². The summed E-state index contributed by atoms with van der Waals surface area (Å²) in [5, 5.41) is 3.94. The molecule has 0 spiro atoms. The van der Waals surface area contributed by atoms with Gasteiger partial charge in [0, 0.05) is 50.7 Å². The predicted octanol–water partition coefficient (Wildman–Crippen LogP) is 5.89. The van der Waals surface area contributed by atoms with Crippen molar-refractivity contribution in [2.75, 3.05) is 23.8 Å². The summed E-state index contributed by atoms with van der Waals surface area (Å²) in [5.74, 6) is 0.204. The number of carbonyl (C=O) groups excluding carboxylic acids is 1. The summed E-state index contributed by atoms with van der Waals surface area (Å²) < 4.78 is 0. The predicted molar refractivity (Wildman–Crippen MR) is 105 cm³/mol. The summed E-state index contributed by atoms with van der Waals surface area (Å²) in [5.41, 5.74) is 3.18. The third kappa shape index (κ3) is 5.26. The first kappa shape index (κ1) is 22.6. The molecule has 24 heavy (non-hydrogen) atoms. The van der Waals surface area contributed by atoms with Crippen LogP contribution in [-0.4, -0.2) is 30.1 Å². The standard InChI is InChI=1S/C19H29ClNOP.Y/c1-5-23(10-8-6-7-9-11-23)16(4)19(22)21-18-14(2)12-17(20)13-15(18)3;/h12-13,16H,5-11H2,1-4H3;/p+1. The monoisotopic (exact) mass is 443 g/mol. The molecule has 1 unspecified atom stereocenters. The van der Waals surface area contributed by atoms with E-state index in [9.17, 15) is 4.79 Å². The van der Waals surface area contributed by atoms with Gasteiger partial charge in [0.1, 0.15) is 5.66 Å². The van der Waals surface area contributed by atoms with Crippen molar-refractivity contribution < 1.29 is 37.5 Å². The van der Waals surface area contributed by atoms with Gasteiger partial charge >= 0.3 is 0 Å². The Morgan fingerprint density at radius 2 is 1.67 bits per heavy atom. The fourth-order valence-corrected chi connectivity index (χ4v) is 8.65. The molecule has 2 rings (SSSR count). The van der Waals surface area contributed by atoms with Crippen LogP contribution in [0.3, 0.4) is 0 Å². The minimum atomic E-state index is -1.18. The summed E-state index contributed by atoms with van der Waals surface area (Å²) in [6, 6.07) is 3.84. The summed E-state index contributed by atoms with van der Waals surface area (Å²) >= 11 is 6.10. The van der Waals surface area contributed by atoms with E-state index in [1.54, 1.807) is 0 Å². The molecule has 1 amide bonds. The van der Waals surface area contributed by atoms with Crippen LogP contribution in [-0.2, 0) is 37.5 Å². The Bertz CT molecular complexity index is 547. The Balaban J connectivity index is 0.00000288. The Kier molecular flexibility index (Phi) is 9.40. The van der Waals surface area contributed by atoms with Gasteiger partial charge in [0.25, 0.3) is 5.91 Å². The van der Waals surface area contributed by atoms with Crippen molar-refractivity contribution in [1.82, 2.24) is 0 Å². The van der Waals surface area contributed by atoms with Crippen molar-refractivity contribution in [1.29, 1.82) is 0 Å². The van der Waals surface area contributed by atoms with Gasteiger partial charge in [0.05, 0.1) is 18.5 Å². The molecule has 2 nitrogen and oxygen atoms in total. The van der Waals surface area contributed by atoms with Gasteiger partial charge in [-0.15, -0.1) is 0 Å². The van der Waals surface area contributed by atoms with Crippen LogP contribution in [0.4, 0.5) is 5.69 Å². The van der Waals surface area contributed by atoms with Crippen LogP contribution in [0.25, 0.3) is 0 Å². The SMILES string of the molecule is CC[P+]1(C(C)C(=O)Nc2c(C)cc(Cl)cc2C)CCCCCC1.[Y]. The molecule has 1 aromatic rings. The molecule has 0 bridgehead atoms. The van der Waals surface area contributed by atoms with Gasteiger partial charge in [-0.05, 0) is 76.6 Å². The topological polar surface area (TPSA) is 29.1 Å². The average molecular weight is 444 g/mol. The summed E-state index contributed by atoms with van der Waals surface area (Å²) in [6.07, 6.45) is 9.06. The van der Waals surface area contributed by atoms with Crippen LogP contribution in [0.15, 0.2) is 12.1 Å². The number of anilines is 1. The van der Waals surface area contributed by atoms with Crippen LogP contribution in [0.2, 0.25) is 5.02 Å². The number of rotatable bonds is 4. The zero-order valence-electron chi connectivity index (χ0n) is 15.5. The summed E-state index contributed by atoms with van der Waals surface area (Å²) in [6.45, 7) is 8.48. The molecule has 1 aromatic carbocycles. The first-order valence-corrected chi connectivity index (χ1v) is 11.6. The Morgan fingerprint density at radius 1 is 1.17 bits per heavy atom. The molecule has 0 saturated carbocycles. The number of aryl methyl sites for hydroxylation is 2. The van der Waals surface area contributed by atoms with Gasteiger partial charge in [-0.25, -0.2) is 0 Å². The Labute approximate surface area is 178 Å². The molecule has 1 N–H and O–H groups in total. The average Bonchev–Trinajstić information content (AvgIpc) is 2.76. The van der Waals surface area contributed by atoms with Crippen molar-refractivity contribution in [2.24, 2.45) is 0 Å². The molecule has 0 aromatic heterocycles. The van der Waals surface area contributed by atoms with Crippen LogP contribution < -0.4 is 5.32 Å². The maximum atomic E-state index is 13.0. The minimum Gasteiger partial charge on any atom is -0.322 e. The number of nitrogens with one attached hydrogen (secondary N) is 1. The second-order valence-corrected chi connectivity index (χ2v) is 12.2. The Hall–Kier alpha value is 0.514. The Morgan fingerprint density at radius 3 is 2.12 bits per heavy atom. The molecule has 1 aliphatic heterocycles. The van der Waals surface area contributed by atoms with E-state index in [1.807, 2.05) is 26.0 Å². The van der Waals surface area contributed by atoms with Gasteiger partial charge in [-0.1, -0.05) is 11.6 Å². The van der Waals surface area contributed by atoms with Crippen LogP contribution in [0, 0.1) is 13.8 Å². The van der Waals surface area contributed by atoms with E-state index in [2.05, 4.69) is 19.2 Å². The van der Waals surface area contributed by atoms with Crippen LogP contribution >= 0.6 is 18.9 Å². The maximum absolute atomic E-state index is 13.0. The quantitative estimate of drug-likeness (QED) is 0.577. The fraction of sp³-hybridized carbons (Fsp3) is 0.632. The zero-order chi connectivity index (χ0) is 17.0. The number of halogens is 1. The molecule has 1 radical (unpaired) electrons. The molecular weight excluding hydrogens is 414 g/mol. The fourth-order valence-electron chi connectivity index (χ4n) is 3.88. The van der Waals surface area contributed by atoms with Crippen molar-refractivity contribution in [3.63, 3.8) is 0 Å². The molecule has 1 heterocycles. The van der Waals surface area contributed by atoms with Crippen LogP contribution in [0.5, 0.6) is 0 Å². The molecule has 131 valence electrons. The molecule has 1 fully saturated rings. The number of carbonyl (C=O) groups is 1. The van der Waals surface area contributed by atoms with E-state index >= 15 is 0 Å². The first-order chi connectivity index (χ1) is 10.9. The second kappa shape index (κ2) is 10.0. The minimum absolute atomic E-state index is 0. The van der Waals surface area contributed by atoms with Gasteiger partial charge in [-0.3, -0.25) is 4.79 Å². The molecule has 1 saturated heterocycles. The molecule has 0 aliphatic carbocycles. The number of hydrogen-bond donors (Lipinski definition) is 1. The smallest absolute Gasteiger partial charge is 0.264 e. The summed E-state index contributed by atoms with van der Waals surface area (Å²) in [7, 11) is -1.18. The molecule has 1 atom stereocenters. The zero-order valence-corrected chi connectivity index (χ0v) is 20.0. The van der Waals surface area contributed by atoms with Crippen molar-refractivity contribution in [2.45, 2.75) is 59.0 Å². The van der Waals surface area contributed by atoms with Gasteiger partial charge in [0.15, 0.2) is 0 Å². The first-order valence-electron chi connectivity index (χ1n) is 8.83. The summed E-state index contributed by atoms with van der Waals surface area (Å²) in [4.78, 5) is 13.0. The molecular formula is C19H30ClNOPY+. The largest absolute Gasteiger partial charge is 0.322 e. The second-order valence-electron chi connectivity index (χ2n) is 6.98. The van der Waals surface area contributed by atoms with Gasteiger partial charge < -0.3 is 5.32 Å². The van der Waals surface area contributed by atoms with Crippen molar-refractivity contribution in [3.8, 4) is 0 Å².